The molecule has 0 aliphatic carbocycles. The van der Waals surface area contributed by atoms with E-state index in [-0.39, 0.29) is 22.0 Å². The van der Waals surface area contributed by atoms with Crippen LogP contribution in [0.3, 0.4) is 0 Å². The molecule has 0 spiro atoms. The lowest BCUT2D eigenvalue weighted by Crippen LogP contribution is -2.25. The molecule has 9 heteroatoms. The summed E-state index contributed by atoms with van der Waals surface area (Å²) in [7, 11) is -4.09. The Bertz CT molecular complexity index is 928. The standard InChI is InChI=1S/C17H20FN3O4S/c1-4-21(5-2)16-14(17(22)23)9-13(10-19-16)20-26(24,25)15-8-12(18)7-6-11(15)3/h6-10,20H,4-5H2,1-3H3,(H,22,23). The fraction of sp³-hybridized carbons (Fsp3) is 0.294. The van der Waals surface area contributed by atoms with Crippen molar-refractivity contribution in [3.63, 3.8) is 0 Å². The summed E-state index contributed by atoms with van der Waals surface area (Å²) in [5.74, 6) is -1.65. The topological polar surface area (TPSA) is 99.6 Å². The summed E-state index contributed by atoms with van der Waals surface area (Å²) in [4.78, 5) is 17.2. The Kier molecular flexibility index (Phi) is 5.81. The van der Waals surface area contributed by atoms with Crippen LogP contribution in [-0.2, 0) is 10.0 Å². The molecule has 0 atom stereocenters. The second-order valence-corrected chi connectivity index (χ2v) is 7.24. The first kappa shape index (κ1) is 19.6. The molecule has 1 heterocycles. The number of aryl methyl sites for hydroxylation is 1. The number of aromatic carboxylic acids is 1. The van der Waals surface area contributed by atoms with E-state index in [1.165, 1.54) is 18.3 Å². The zero-order valence-electron chi connectivity index (χ0n) is 14.7. The zero-order chi connectivity index (χ0) is 19.5. The third-order valence-corrected chi connectivity index (χ3v) is 5.38. The average Bonchev–Trinajstić information content (AvgIpc) is 2.58. The van der Waals surface area contributed by atoms with Crippen LogP contribution in [0.4, 0.5) is 15.9 Å². The molecule has 26 heavy (non-hydrogen) atoms. The van der Waals surface area contributed by atoms with Gasteiger partial charge < -0.3 is 10.0 Å². The molecule has 0 radical (unpaired) electrons. The van der Waals surface area contributed by atoms with Gasteiger partial charge in [-0.25, -0.2) is 22.6 Å². The van der Waals surface area contributed by atoms with Gasteiger partial charge in [0.2, 0.25) is 0 Å². The van der Waals surface area contributed by atoms with Gasteiger partial charge in [-0.1, -0.05) is 6.07 Å². The number of benzene rings is 1. The molecule has 0 aliphatic heterocycles. The van der Waals surface area contributed by atoms with Crippen LogP contribution < -0.4 is 9.62 Å². The zero-order valence-corrected chi connectivity index (χ0v) is 15.5. The Morgan fingerprint density at radius 2 is 1.92 bits per heavy atom. The van der Waals surface area contributed by atoms with Gasteiger partial charge in [0.05, 0.1) is 16.8 Å². The summed E-state index contributed by atoms with van der Waals surface area (Å²) < 4.78 is 40.7. The molecule has 0 saturated heterocycles. The van der Waals surface area contributed by atoms with E-state index >= 15 is 0 Å². The molecule has 0 saturated carbocycles. The average molecular weight is 381 g/mol. The number of halogens is 1. The summed E-state index contributed by atoms with van der Waals surface area (Å²) in [5, 5.41) is 9.43. The van der Waals surface area contributed by atoms with Crippen molar-refractivity contribution in [3.8, 4) is 0 Å². The first-order chi connectivity index (χ1) is 12.2. The summed E-state index contributed by atoms with van der Waals surface area (Å²) >= 11 is 0. The van der Waals surface area contributed by atoms with E-state index in [4.69, 9.17) is 0 Å². The number of hydrogen-bond donors (Lipinski definition) is 2. The van der Waals surface area contributed by atoms with Crippen molar-refractivity contribution >= 4 is 27.5 Å². The number of rotatable bonds is 7. The third-order valence-electron chi connectivity index (χ3n) is 3.85. The van der Waals surface area contributed by atoms with Crippen LogP contribution in [-0.4, -0.2) is 37.6 Å². The van der Waals surface area contributed by atoms with Crippen LogP contribution in [0, 0.1) is 12.7 Å². The highest BCUT2D eigenvalue weighted by atomic mass is 32.2. The highest BCUT2D eigenvalue weighted by Gasteiger charge is 2.21. The highest BCUT2D eigenvalue weighted by molar-refractivity contribution is 7.92. The number of hydrogen-bond acceptors (Lipinski definition) is 5. The fourth-order valence-electron chi connectivity index (χ4n) is 2.52. The lowest BCUT2D eigenvalue weighted by atomic mass is 10.2. The molecular formula is C17H20FN3O4S. The van der Waals surface area contributed by atoms with Crippen LogP contribution in [0.1, 0.15) is 29.8 Å². The molecule has 0 bridgehead atoms. The Balaban J connectivity index is 2.45. The predicted molar refractivity (Wildman–Crippen MR) is 96.7 cm³/mol. The van der Waals surface area contributed by atoms with Crippen molar-refractivity contribution < 1.29 is 22.7 Å². The van der Waals surface area contributed by atoms with E-state index in [1.54, 1.807) is 11.8 Å². The Morgan fingerprint density at radius 1 is 1.27 bits per heavy atom. The Hall–Kier alpha value is -2.68. The number of carboxylic acids is 1. The lowest BCUT2D eigenvalue weighted by Gasteiger charge is -2.22. The maximum absolute atomic E-state index is 13.4. The van der Waals surface area contributed by atoms with E-state index < -0.39 is 21.8 Å². The van der Waals surface area contributed by atoms with Crippen molar-refractivity contribution in [2.45, 2.75) is 25.7 Å². The van der Waals surface area contributed by atoms with Gasteiger partial charge in [0.1, 0.15) is 17.2 Å². The second-order valence-electron chi connectivity index (χ2n) is 5.59. The molecule has 2 rings (SSSR count). The van der Waals surface area contributed by atoms with Gasteiger partial charge in [-0.05, 0) is 44.5 Å². The van der Waals surface area contributed by atoms with E-state index in [9.17, 15) is 22.7 Å². The smallest absolute Gasteiger partial charge is 0.339 e. The summed E-state index contributed by atoms with van der Waals surface area (Å²) in [6.45, 7) is 6.37. The minimum absolute atomic E-state index is 0.0121. The number of nitrogens with one attached hydrogen (secondary N) is 1. The number of anilines is 2. The predicted octanol–water partition coefficient (Wildman–Crippen LogP) is 2.87. The third kappa shape index (κ3) is 4.10. The molecular weight excluding hydrogens is 361 g/mol. The number of carbonyl (C=O) groups is 1. The Morgan fingerprint density at radius 3 is 2.50 bits per heavy atom. The molecule has 1 aromatic heterocycles. The lowest BCUT2D eigenvalue weighted by molar-refractivity contribution is 0.0697. The summed E-state index contributed by atoms with van der Waals surface area (Å²) in [6, 6.07) is 4.63. The molecule has 2 aromatic rings. The molecule has 0 amide bonds. The molecule has 0 unspecified atom stereocenters. The SMILES string of the molecule is CCN(CC)c1ncc(NS(=O)(=O)c2cc(F)ccc2C)cc1C(=O)O. The van der Waals surface area contributed by atoms with Crippen molar-refractivity contribution in [1.82, 2.24) is 4.98 Å². The van der Waals surface area contributed by atoms with Gasteiger partial charge >= 0.3 is 5.97 Å². The van der Waals surface area contributed by atoms with Gasteiger partial charge in [-0.2, -0.15) is 0 Å². The molecule has 0 fully saturated rings. The Labute approximate surface area is 151 Å². The van der Waals surface area contributed by atoms with Crippen LogP contribution in [0.25, 0.3) is 0 Å². The van der Waals surface area contributed by atoms with Gasteiger partial charge in [0, 0.05) is 13.1 Å². The van der Waals surface area contributed by atoms with E-state index in [0.29, 0.717) is 18.7 Å². The second kappa shape index (κ2) is 7.69. The molecule has 7 nitrogen and oxygen atoms in total. The van der Waals surface area contributed by atoms with Crippen molar-refractivity contribution in [2.24, 2.45) is 0 Å². The largest absolute Gasteiger partial charge is 0.478 e. The number of aromatic nitrogens is 1. The number of carboxylic acid groups (broad SMARTS) is 1. The summed E-state index contributed by atoms with van der Waals surface area (Å²) in [5.41, 5.74) is 0.233. The maximum atomic E-state index is 13.4. The monoisotopic (exact) mass is 381 g/mol. The van der Waals surface area contributed by atoms with Gasteiger partial charge in [-0.3, -0.25) is 4.72 Å². The molecule has 140 valence electrons. The van der Waals surface area contributed by atoms with Crippen LogP contribution in [0.5, 0.6) is 0 Å². The maximum Gasteiger partial charge on any atom is 0.339 e. The van der Waals surface area contributed by atoms with Crippen LogP contribution >= 0.6 is 0 Å². The number of pyridine rings is 1. The van der Waals surface area contributed by atoms with Crippen LogP contribution in [0.15, 0.2) is 35.4 Å². The minimum atomic E-state index is -4.09. The van der Waals surface area contributed by atoms with E-state index in [2.05, 4.69) is 9.71 Å². The van der Waals surface area contributed by atoms with Gasteiger partial charge in [0.25, 0.3) is 10.0 Å². The van der Waals surface area contributed by atoms with Gasteiger partial charge in [-0.15, -0.1) is 0 Å². The quantitative estimate of drug-likeness (QED) is 0.765. The first-order valence-corrected chi connectivity index (χ1v) is 9.45. The fourth-order valence-corrected chi connectivity index (χ4v) is 3.81. The van der Waals surface area contributed by atoms with Crippen LogP contribution in [0.2, 0.25) is 0 Å². The first-order valence-electron chi connectivity index (χ1n) is 7.96. The molecule has 2 N–H and O–H groups in total. The van der Waals surface area contributed by atoms with E-state index in [0.717, 1.165) is 12.1 Å². The van der Waals surface area contributed by atoms with Crippen molar-refractivity contribution in [1.29, 1.82) is 0 Å². The summed E-state index contributed by atoms with van der Waals surface area (Å²) in [6.07, 6.45) is 1.24. The number of sulfonamides is 1. The highest BCUT2D eigenvalue weighted by Crippen LogP contribution is 2.24. The molecule has 1 aromatic carbocycles. The minimum Gasteiger partial charge on any atom is -0.478 e. The molecule has 0 aliphatic rings. The normalized spacial score (nSPS) is 11.2. The number of nitrogens with zero attached hydrogens (tertiary/aromatic N) is 2. The van der Waals surface area contributed by atoms with Crippen molar-refractivity contribution in [2.75, 3.05) is 22.7 Å². The van der Waals surface area contributed by atoms with Gasteiger partial charge in [0.15, 0.2) is 0 Å². The van der Waals surface area contributed by atoms with Crippen molar-refractivity contribution in [3.05, 3.63) is 47.4 Å². The van der Waals surface area contributed by atoms with E-state index in [1.807, 2.05) is 13.8 Å².